The Kier molecular flexibility index (Phi) is 5.27. The van der Waals surface area contributed by atoms with E-state index >= 15 is 0 Å². The average Bonchev–Trinajstić information content (AvgIpc) is 2.57. The third-order valence-electron chi connectivity index (χ3n) is 4.23. The Balaban J connectivity index is 2.02. The lowest BCUT2D eigenvalue weighted by molar-refractivity contribution is -0.137. The summed E-state index contributed by atoms with van der Waals surface area (Å²) < 4.78 is 40.3. The Morgan fingerprint density at radius 3 is 2.25 bits per heavy atom. The quantitative estimate of drug-likeness (QED) is 0.820. The predicted octanol–water partition coefficient (Wildman–Crippen LogP) is 4.46. The molecule has 0 aromatic heterocycles. The lowest BCUT2D eigenvalue weighted by Gasteiger charge is -2.35. The van der Waals surface area contributed by atoms with Crippen LogP contribution in [0.4, 0.5) is 13.2 Å². The smallest absolute Gasteiger partial charge is 0.314 e. The molecule has 1 saturated heterocycles. The standard InChI is InChI=1S/C18H18BrF3N2/c19-16-6-4-13(5-7-16)17(24-10-8-23-9-11-24)14-2-1-3-15(12-14)18(20,21)22/h1-7,12,17,23H,8-11H2. The van der Waals surface area contributed by atoms with Crippen molar-refractivity contribution < 1.29 is 13.2 Å². The number of alkyl halides is 3. The maximum absolute atomic E-state index is 13.1. The van der Waals surface area contributed by atoms with Crippen LogP contribution in [0.3, 0.4) is 0 Å². The molecule has 2 aromatic carbocycles. The average molecular weight is 399 g/mol. The number of benzene rings is 2. The van der Waals surface area contributed by atoms with E-state index in [1.807, 2.05) is 24.3 Å². The van der Waals surface area contributed by atoms with Gasteiger partial charge in [-0.3, -0.25) is 4.90 Å². The molecule has 0 spiro atoms. The molecule has 0 saturated carbocycles. The number of rotatable bonds is 3. The summed E-state index contributed by atoms with van der Waals surface area (Å²) in [5.74, 6) is 0. The Hall–Kier alpha value is -1.37. The highest BCUT2D eigenvalue weighted by Gasteiger charge is 2.32. The molecule has 0 bridgehead atoms. The van der Waals surface area contributed by atoms with E-state index in [2.05, 4.69) is 26.1 Å². The Morgan fingerprint density at radius 1 is 0.958 bits per heavy atom. The Labute approximate surface area is 147 Å². The van der Waals surface area contributed by atoms with Crippen molar-refractivity contribution in [3.05, 3.63) is 69.7 Å². The summed E-state index contributed by atoms with van der Waals surface area (Å²) in [6.07, 6.45) is -4.33. The number of halogens is 4. The number of nitrogens with zero attached hydrogens (tertiary/aromatic N) is 1. The molecule has 0 aliphatic carbocycles. The largest absolute Gasteiger partial charge is 0.416 e. The first-order chi connectivity index (χ1) is 11.4. The molecule has 3 rings (SSSR count). The second kappa shape index (κ2) is 7.25. The summed E-state index contributed by atoms with van der Waals surface area (Å²) >= 11 is 3.41. The van der Waals surface area contributed by atoms with E-state index in [1.54, 1.807) is 6.07 Å². The van der Waals surface area contributed by atoms with Crippen molar-refractivity contribution >= 4 is 15.9 Å². The molecule has 0 amide bonds. The van der Waals surface area contributed by atoms with Crippen molar-refractivity contribution in [3.63, 3.8) is 0 Å². The molecule has 2 aromatic rings. The van der Waals surface area contributed by atoms with Gasteiger partial charge in [-0.05, 0) is 35.4 Å². The molecule has 1 fully saturated rings. The van der Waals surface area contributed by atoms with Crippen LogP contribution in [-0.2, 0) is 6.18 Å². The molecule has 2 nitrogen and oxygen atoms in total. The third-order valence-corrected chi connectivity index (χ3v) is 4.76. The van der Waals surface area contributed by atoms with Crippen molar-refractivity contribution in [2.24, 2.45) is 0 Å². The fraction of sp³-hybridized carbons (Fsp3) is 0.333. The van der Waals surface area contributed by atoms with Gasteiger partial charge >= 0.3 is 6.18 Å². The van der Waals surface area contributed by atoms with Crippen molar-refractivity contribution in [1.82, 2.24) is 10.2 Å². The van der Waals surface area contributed by atoms with Crippen LogP contribution in [0.2, 0.25) is 0 Å². The number of hydrogen-bond acceptors (Lipinski definition) is 2. The van der Waals surface area contributed by atoms with E-state index in [1.165, 1.54) is 12.1 Å². The van der Waals surface area contributed by atoms with Gasteiger partial charge in [-0.25, -0.2) is 0 Å². The van der Waals surface area contributed by atoms with Crippen LogP contribution in [0, 0.1) is 0 Å². The predicted molar refractivity (Wildman–Crippen MR) is 91.9 cm³/mol. The van der Waals surface area contributed by atoms with E-state index in [4.69, 9.17) is 0 Å². The summed E-state index contributed by atoms with van der Waals surface area (Å²) in [5.41, 5.74) is 1.07. The maximum Gasteiger partial charge on any atom is 0.416 e. The molecule has 24 heavy (non-hydrogen) atoms. The van der Waals surface area contributed by atoms with Gasteiger partial charge in [-0.2, -0.15) is 13.2 Å². The Bertz CT molecular complexity index is 679. The van der Waals surface area contributed by atoms with Gasteiger partial charge < -0.3 is 5.32 Å². The minimum absolute atomic E-state index is 0.178. The topological polar surface area (TPSA) is 15.3 Å². The van der Waals surface area contributed by atoms with Crippen LogP contribution in [0.5, 0.6) is 0 Å². The molecule has 128 valence electrons. The van der Waals surface area contributed by atoms with E-state index in [-0.39, 0.29) is 6.04 Å². The third kappa shape index (κ3) is 3.99. The van der Waals surface area contributed by atoms with Crippen molar-refractivity contribution in [2.45, 2.75) is 12.2 Å². The van der Waals surface area contributed by atoms with Gasteiger partial charge in [0.05, 0.1) is 11.6 Å². The van der Waals surface area contributed by atoms with Crippen LogP contribution in [-0.4, -0.2) is 31.1 Å². The van der Waals surface area contributed by atoms with Gasteiger partial charge in [0.25, 0.3) is 0 Å². The molecule has 1 atom stereocenters. The monoisotopic (exact) mass is 398 g/mol. The zero-order valence-corrected chi connectivity index (χ0v) is 14.6. The van der Waals surface area contributed by atoms with Gasteiger partial charge in [0.2, 0.25) is 0 Å². The minimum atomic E-state index is -4.33. The summed E-state index contributed by atoms with van der Waals surface area (Å²) in [7, 11) is 0. The molecule has 1 N–H and O–H groups in total. The van der Waals surface area contributed by atoms with Crippen molar-refractivity contribution in [2.75, 3.05) is 26.2 Å². The van der Waals surface area contributed by atoms with Crippen LogP contribution in [0.1, 0.15) is 22.7 Å². The molecule has 1 aliphatic rings. The highest BCUT2D eigenvalue weighted by Crippen LogP contribution is 2.34. The van der Waals surface area contributed by atoms with Crippen molar-refractivity contribution in [1.29, 1.82) is 0 Å². The molecule has 6 heteroatoms. The number of piperazine rings is 1. The highest BCUT2D eigenvalue weighted by molar-refractivity contribution is 9.10. The number of nitrogens with one attached hydrogen (secondary N) is 1. The first-order valence-electron chi connectivity index (χ1n) is 7.82. The SMILES string of the molecule is FC(F)(F)c1cccc(C(c2ccc(Br)cc2)N2CCNCC2)c1. The summed E-state index contributed by atoms with van der Waals surface area (Å²) in [4.78, 5) is 2.23. The fourth-order valence-corrected chi connectivity index (χ4v) is 3.35. The normalized spacial score (nSPS) is 17.7. The zero-order valence-electron chi connectivity index (χ0n) is 13.0. The zero-order chi connectivity index (χ0) is 17.2. The summed E-state index contributed by atoms with van der Waals surface area (Å²) in [6.45, 7) is 3.28. The minimum Gasteiger partial charge on any atom is -0.314 e. The van der Waals surface area contributed by atoms with Gasteiger partial charge in [-0.1, -0.05) is 40.2 Å². The summed E-state index contributed by atoms with van der Waals surface area (Å²) in [5, 5.41) is 3.29. The lowest BCUT2D eigenvalue weighted by Crippen LogP contribution is -2.45. The first kappa shape index (κ1) is 17.5. The van der Waals surface area contributed by atoms with Crippen LogP contribution in [0.15, 0.2) is 53.0 Å². The fourth-order valence-electron chi connectivity index (χ4n) is 3.08. The molecular formula is C18H18BrF3N2. The van der Waals surface area contributed by atoms with Gasteiger partial charge in [0.15, 0.2) is 0 Å². The van der Waals surface area contributed by atoms with Gasteiger partial charge in [0.1, 0.15) is 0 Å². The van der Waals surface area contributed by atoms with Crippen LogP contribution >= 0.6 is 15.9 Å². The second-order valence-electron chi connectivity index (χ2n) is 5.86. The van der Waals surface area contributed by atoms with E-state index in [0.717, 1.165) is 42.3 Å². The molecule has 1 unspecified atom stereocenters. The first-order valence-corrected chi connectivity index (χ1v) is 8.62. The van der Waals surface area contributed by atoms with E-state index in [0.29, 0.717) is 5.56 Å². The molecule has 1 aliphatic heterocycles. The van der Waals surface area contributed by atoms with E-state index in [9.17, 15) is 13.2 Å². The molecule has 0 radical (unpaired) electrons. The van der Waals surface area contributed by atoms with Gasteiger partial charge in [0, 0.05) is 30.7 Å². The lowest BCUT2D eigenvalue weighted by atomic mass is 9.95. The van der Waals surface area contributed by atoms with Crippen LogP contribution in [0.25, 0.3) is 0 Å². The Morgan fingerprint density at radius 2 is 1.62 bits per heavy atom. The summed E-state index contributed by atoms with van der Waals surface area (Å²) in [6, 6.07) is 13.3. The maximum atomic E-state index is 13.1. The van der Waals surface area contributed by atoms with Gasteiger partial charge in [-0.15, -0.1) is 0 Å². The highest BCUT2D eigenvalue weighted by atomic mass is 79.9. The van der Waals surface area contributed by atoms with Crippen LogP contribution < -0.4 is 5.32 Å². The van der Waals surface area contributed by atoms with Crippen molar-refractivity contribution in [3.8, 4) is 0 Å². The van der Waals surface area contributed by atoms with E-state index < -0.39 is 11.7 Å². The molecule has 1 heterocycles. The number of hydrogen-bond donors (Lipinski definition) is 1. The molecular weight excluding hydrogens is 381 g/mol. The second-order valence-corrected chi connectivity index (χ2v) is 6.78.